The van der Waals surface area contributed by atoms with Crippen molar-refractivity contribution in [2.24, 2.45) is 0 Å². The first kappa shape index (κ1) is 13.5. The Bertz CT molecular complexity index is 477. The van der Waals surface area contributed by atoms with Crippen molar-refractivity contribution >= 4 is 0 Å². The van der Waals surface area contributed by atoms with E-state index in [1.807, 2.05) is 12.1 Å². The van der Waals surface area contributed by atoms with Crippen LogP contribution in [0.15, 0.2) is 12.1 Å². The van der Waals surface area contributed by atoms with E-state index in [9.17, 15) is 0 Å². The second kappa shape index (κ2) is 5.89. The van der Waals surface area contributed by atoms with E-state index < -0.39 is 0 Å². The van der Waals surface area contributed by atoms with Crippen molar-refractivity contribution in [2.75, 3.05) is 33.6 Å². The van der Waals surface area contributed by atoms with Crippen LogP contribution in [-0.2, 0) is 11.3 Å². The van der Waals surface area contributed by atoms with Crippen molar-refractivity contribution in [2.45, 2.75) is 26.0 Å². The number of nitrogens with zero attached hydrogens (tertiary/aromatic N) is 1. The normalized spacial score (nSPS) is 22.6. The molecule has 110 valence electrons. The molecule has 2 aliphatic heterocycles. The van der Waals surface area contributed by atoms with Crippen molar-refractivity contribution in [1.82, 2.24) is 4.90 Å². The molecular formula is C15H21NO4. The lowest BCUT2D eigenvalue weighted by Crippen LogP contribution is -2.29. The summed E-state index contributed by atoms with van der Waals surface area (Å²) in [5, 5.41) is 0. The third kappa shape index (κ3) is 2.83. The van der Waals surface area contributed by atoms with Gasteiger partial charge in [-0.1, -0.05) is 0 Å². The zero-order chi connectivity index (χ0) is 13.9. The van der Waals surface area contributed by atoms with E-state index in [0.717, 1.165) is 44.2 Å². The Hall–Kier alpha value is -1.46. The van der Waals surface area contributed by atoms with Gasteiger partial charge in [-0.25, -0.2) is 0 Å². The van der Waals surface area contributed by atoms with E-state index in [-0.39, 0.29) is 12.9 Å². The van der Waals surface area contributed by atoms with E-state index in [2.05, 4.69) is 11.8 Å². The lowest BCUT2D eigenvalue weighted by molar-refractivity contribution is 0.0668. The maximum absolute atomic E-state index is 5.68. The molecule has 0 N–H and O–H groups in total. The molecule has 0 amide bonds. The molecular weight excluding hydrogens is 258 g/mol. The van der Waals surface area contributed by atoms with Gasteiger partial charge >= 0.3 is 0 Å². The highest BCUT2D eigenvalue weighted by Gasteiger charge is 2.22. The van der Waals surface area contributed by atoms with Crippen LogP contribution >= 0.6 is 0 Å². The van der Waals surface area contributed by atoms with Crippen LogP contribution in [0.3, 0.4) is 0 Å². The maximum Gasteiger partial charge on any atom is 0.231 e. The summed E-state index contributed by atoms with van der Waals surface area (Å²) in [4.78, 5) is 2.41. The molecule has 1 fully saturated rings. The van der Waals surface area contributed by atoms with Crippen molar-refractivity contribution in [3.05, 3.63) is 17.7 Å². The summed E-state index contributed by atoms with van der Waals surface area (Å²) in [6.07, 6.45) is 1.36. The molecule has 2 heterocycles. The third-order valence-electron chi connectivity index (χ3n) is 3.66. The van der Waals surface area contributed by atoms with Gasteiger partial charge in [-0.3, -0.25) is 4.90 Å². The fraction of sp³-hybridized carbons (Fsp3) is 0.600. The standard InChI is InChI=1S/C15H21NO4/c1-11-8-16(4-3-5-18-11)9-12-6-13(17-2)15-14(7-12)19-10-20-15/h6-7,11H,3-5,8-10H2,1-2H3. The number of benzene rings is 1. The SMILES string of the molecule is COc1cc(CN2CCCOC(C)C2)cc2c1OCO2. The van der Waals surface area contributed by atoms with E-state index >= 15 is 0 Å². The molecule has 0 bridgehead atoms. The number of hydrogen-bond acceptors (Lipinski definition) is 5. The zero-order valence-electron chi connectivity index (χ0n) is 12.1. The Balaban J connectivity index is 1.77. The quantitative estimate of drug-likeness (QED) is 0.846. The Labute approximate surface area is 119 Å². The van der Waals surface area contributed by atoms with Crippen molar-refractivity contribution in [3.63, 3.8) is 0 Å². The van der Waals surface area contributed by atoms with Crippen LogP contribution in [0.25, 0.3) is 0 Å². The fourth-order valence-corrected chi connectivity index (χ4v) is 2.76. The monoisotopic (exact) mass is 279 g/mol. The molecule has 1 aromatic carbocycles. The topological polar surface area (TPSA) is 40.2 Å². The smallest absolute Gasteiger partial charge is 0.231 e. The minimum atomic E-state index is 0.268. The first-order valence-corrected chi connectivity index (χ1v) is 7.06. The lowest BCUT2D eigenvalue weighted by atomic mass is 10.1. The van der Waals surface area contributed by atoms with Crippen molar-refractivity contribution in [3.8, 4) is 17.2 Å². The molecule has 1 saturated heterocycles. The van der Waals surface area contributed by atoms with Gasteiger partial charge in [-0.15, -0.1) is 0 Å². The number of fused-ring (bicyclic) bond motifs is 1. The summed E-state index contributed by atoms with van der Waals surface area (Å²) in [6.45, 7) is 6.13. The number of rotatable bonds is 3. The maximum atomic E-state index is 5.68. The average molecular weight is 279 g/mol. The Kier molecular flexibility index (Phi) is 3.98. The molecule has 3 rings (SSSR count). The molecule has 20 heavy (non-hydrogen) atoms. The molecule has 0 radical (unpaired) electrons. The van der Waals surface area contributed by atoms with Gasteiger partial charge in [0.05, 0.1) is 13.2 Å². The number of ether oxygens (including phenoxy) is 4. The van der Waals surface area contributed by atoms with Gasteiger partial charge in [-0.05, 0) is 31.0 Å². The van der Waals surface area contributed by atoms with Gasteiger partial charge in [-0.2, -0.15) is 0 Å². The highest BCUT2D eigenvalue weighted by atomic mass is 16.7. The summed E-state index contributed by atoms with van der Waals surface area (Å²) in [7, 11) is 1.66. The fourth-order valence-electron chi connectivity index (χ4n) is 2.76. The van der Waals surface area contributed by atoms with E-state index in [1.165, 1.54) is 5.56 Å². The van der Waals surface area contributed by atoms with E-state index in [4.69, 9.17) is 18.9 Å². The predicted molar refractivity (Wildman–Crippen MR) is 74.4 cm³/mol. The van der Waals surface area contributed by atoms with Crippen LogP contribution in [0.2, 0.25) is 0 Å². The summed E-state index contributed by atoms with van der Waals surface area (Å²) < 4.78 is 22.0. The largest absolute Gasteiger partial charge is 0.493 e. The molecule has 5 nitrogen and oxygen atoms in total. The average Bonchev–Trinajstić information content (AvgIpc) is 2.81. The molecule has 1 atom stereocenters. The van der Waals surface area contributed by atoms with Gasteiger partial charge in [0.25, 0.3) is 0 Å². The van der Waals surface area contributed by atoms with E-state index in [0.29, 0.717) is 5.75 Å². The van der Waals surface area contributed by atoms with Crippen LogP contribution in [0.5, 0.6) is 17.2 Å². The predicted octanol–water partition coefficient (Wildman–Crippen LogP) is 2.03. The summed E-state index contributed by atoms with van der Waals surface area (Å²) in [6, 6.07) is 4.07. The van der Waals surface area contributed by atoms with Gasteiger partial charge in [0.1, 0.15) is 0 Å². The van der Waals surface area contributed by atoms with Crippen LogP contribution in [-0.4, -0.2) is 44.6 Å². The second-order valence-corrected chi connectivity index (χ2v) is 5.30. The third-order valence-corrected chi connectivity index (χ3v) is 3.66. The lowest BCUT2D eigenvalue weighted by Gasteiger charge is -2.22. The van der Waals surface area contributed by atoms with Gasteiger partial charge in [0, 0.05) is 26.2 Å². The highest BCUT2D eigenvalue weighted by Crippen LogP contribution is 2.42. The molecule has 0 aromatic heterocycles. The van der Waals surface area contributed by atoms with Crippen molar-refractivity contribution in [1.29, 1.82) is 0 Å². The summed E-state index contributed by atoms with van der Waals surface area (Å²) >= 11 is 0. The Morgan fingerprint density at radius 1 is 1.35 bits per heavy atom. The van der Waals surface area contributed by atoms with Crippen molar-refractivity contribution < 1.29 is 18.9 Å². The molecule has 0 spiro atoms. The summed E-state index contributed by atoms with van der Waals surface area (Å²) in [5.74, 6) is 2.23. The molecule has 0 saturated carbocycles. The minimum Gasteiger partial charge on any atom is -0.493 e. The first-order chi connectivity index (χ1) is 9.76. The van der Waals surface area contributed by atoms with Gasteiger partial charge < -0.3 is 18.9 Å². The van der Waals surface area contributed by atoms with Crippen LogP contribution in [0, 0.1) is 0 Å². The number of methoxy groups -OCH3 is 1. The highest BCUT2D eigenvalue weighted by molar-refractivity contribution is 5.55. The van der Waals surface area contributed by atoms with Crippen LogP contribution in [0.4, 0.5) is 0 Å². The number of hydrogen-bond donors (Lipinski definition) is 0. The van der Waals surface area contributed by atoms with E-state index in [1.54, 1.807) is 7.11 Å². The molecule has 0 aliphatic carbocycles. The second-order valence-electron chi connectivity index (χ2n) is 5.30. The van der Waals surface area contributed by atoms with Gasteiger partial charge in [0.15, 0.2) is 11.5 Å². The minimum absolute atomic E-state index is 0.268. The zero-order valence-corrected chi connectivity index (χ0v) is 12.1. The van der Waals surface area contributed by atoms with Gasteiger partial charge in [0.2, 0.25) is 12.5 Å². The molecule has 2 aliphatic rings. The van der Waals surface area contributed by atoms with Crippen LogP contribution in [0.1, 0.15) is 18.9 Å². The molecule has 1 unspecified atom stereocenters. The molecule has 5 heteroatoms. The van der Waals surface area contributed by atoms with Crippen LogP contribution < -0.4 is 14.2 Å². The Morgan fingerprint density at radius 3 is 3.10 bits per heavy atom. The first-order valence-electron chi connectivity index (χ1n) is 7.06. The molecule has 1 aromatic rings. The Morgan fingerprint density at radius 2 is 2.25 bits per heavy atom. The summed E-state index contributed by atoms with van der Waals surface area (Å²) in [5.41, 5.74) is 1.18.